The van der Waals surface area contributed by atoms with Crippen LogP contribution >= 0.6 is 0 Å². The Hall–Kier alpha value is -1.05. The summed E-state index contributed by atoms with van der Waals surface area (Å²) < 4.78 is 0. The molecule has 0 aliphatic rings. The van der Waals surface area contributed by atoms with Crippen LogP contribution in [-0.4, -0.2) is 11.0 Å². The molecule has 1 rings (SSSR count). The zero-order valence-corrected chi connectivity index (χ0v) is 11.3. The van der Waals surface area contributed by atoms with Gasteiger partial charge in [0.2, 0.25) is 0 Å². The van der Waals surface area contributed by atoms with Crippen molar-refractivity contribution in [2.45, 2.75) is 53.0 Å². The molecule has 2 nitrogen and oxygen atoms in total. The third-order valence-electron chi connectivity index (χ3n) is 3.01. The summed E-state index contributed by atoms with van der Waals surface area (Å²) >= 11 is 0. The number of hydrogen-bond acceptors (Lipinski definition) is 2. The fraction of sp³-hybridized carbons (Fsp3) is 0.643. The Bertz CT molecular complexity index is 320. The van der Waals surface area contributed by atoms with E-state index in [0.717, 1.165) is 5.82 Å². The standard InChI is InChI=1S/C14H24N2/c1-10(2)11(3)16-13-8-7-12(9-15-13)14(4,5)6/h7-11H,1-6H3,(H,15,16). The second-order valence-corrected chi connectivity index (χ2v) is 5.86. The molecule has 2 heteroatoms. The average molecular weight is 220 g/mol. The van der Waals surface area contributed by atoms with Gasteiger partial charge in [-0.2, -0.15) is 0 Å². The highest BCUT2D eigenvalue weighted by atomic mass is 15.0. The van der Waals surface area contributed by atoms with E-state index in [-0.39, 0.29) is 5.41 Å². The van der Waals surface area contributed by atoms with E-state index in [9.17, 15) is 0 Å². The largest absolute Gasteiger partial charge is 0.367 e. The highest BCUT2D eigenvalue weighted by Gasteiger charge is 2.14. The van der Waals surface area contributed by atoms with Crippen LogP contribution in [0.15, 0.2) is 18.3 Å². The first-order chi connectivity index (χ1) is 7.30. The van der Waals surface area contributed by atoms with Gasteiger partial charge in [0.1, 0.15) is 5.82 Å². The van der Waals surface area contributed by atoms with Gasteiger partial charge in [-0.1, -0.05) is 40.7 Å². The predicted molar refractivity (Wildman–Crippen MR) is 70.9 cm³/mol. The molecule has 0 fully saturated rings. The topological polar surface area (TPSA) is 24.9 Å². The summed E-state index contributed by atoms with van der Waals surface area (Å²) in [4.78, 5) is 4.46. The molecule has 1 N–H and O–H groups in total. The van der Waals surface area contributed by atoms with E-state index in [2.05, 4.69) is 64.0 Å². The van der Waals surface area contributed by atoms with E-state index in [1.807, 2.05) is 6.20 Å². The zero-order chi connectivity index (χ0) is 12.3. The molecule has 1 atom stereocenters. The second kappa shape index (κ2) is 4.86. The predicted octanol–water partition coefficient (Wildman–Crippen LogP) is 3.84. The molecule has 0 amide bonds. The summed E-state index contributed by atoms with van der Waals surface area (Å²) in [7, 11) is 0. The van der Waals surface area contributed by atoms with Gasteiger partial charge in [-0.3, -0.25) is 0 Å². The monoisotopic (exact) mass is 220 g/mol. The van der Waals surface area contributed by atoms with Crippen LogP contribution in [0.5, 0.6) is 0 Å². The lowest BCUT2D eigenvalue weighted by Gasteiger charge is -2.21. The van der Waals surface area contributed by atoms with E-state index in [0.29, 0.717) is 12.0 Å². The number of nitrogens with zero attached hydrogens (tertiary/aromatic N) is 1. The van der Waals surface area contributed by atoms with Gasteiger partial charge in [0.15, 0.2) is 0 Å². The van der Waals surface area contributed by atoms with Crippen molar-refractivity contribution in [1.82, 2.24) is 4.98 Å². The maximum Gasteiger partial charge on any atom is 0.126 e. The lowest BCUT2D eigenvalue weighted by Crippen LogP contribution is -2.22. The molecule has 1 unspecified atom stereocenters. The number of hydrogen-bond donors (Lipinski definition) is 1. The SMILES string of the molecule is CC(C)C(C)Nc1ccc(C(C)(C)C)cn1. The first kappa shape index (κ1) is 13.0. The third-order valence-corrected chi connectivity index (χ3v) is 3.01. The molecule has 1 aromatic heterocycles. The van der Waals surface area contributed by atoms with Gasteiger partial charge in [-0.15, -0.1) is 0 Å². The molecule has 0 saturated carbocycles. The van der Waals surface area contributed by atoms with Gasteiger partial charge in [-0.25, -0.2) is 4.98 Å². The van der Waals surface area contributed by atoms with Crippen molar-refractivity contribution in [2.75, 3.05) is 5.32 Å². The van der Waals surface area contributed by atoms with Gasteiger partial charge in [0.25, 0.3) is 0 Å². The number of nitrogens with one attached hydrogen (secondary N) is 1. The van der Waals surface area contributed by atoms with E-state index in [4.69, 9.17) is 0 Å². The highest BCUT2D eigenvalue weighted by Crippen LogP contribution is 2.22. The van der Waals surface area contributed by atoms with Crippen LogP contribution in [0.1, 0.15) is 47.1 Å². The lowest BCUT2D eigenvalue weighted by atomic mass is 9.88. The number of aromatic nitrogens is 1. The Labute approximate surface area is 99.5 Å². The third kappa shape index (κ3) is 3.51. The van der Waals surface area contributed by atoms with Crippen LogP contribution in [0.2, 0.25) is 0 Å². The van der Waals surface area contributed by atoms with Crippen molar-refractivity contribution >= 4 is 5.82 Å². The molecular formula is C14H24N2. The molecule has 0 spiro atoms. The van der Waals surface area contributed by atoms with Gasteiger partial charge >= 0.3 is 0 Å². The molecule has 0 aromatic carbocycles. The first-order valence-electron chi connectivity index (χ1n) is 6.04. The lowest BCUT2D eigenvalue weighted by molar-refractivity contribution is 0.557. The van der Waals surface area contributed by atoms with Crippen molar-refractivity contribution in [1.29, 1.82) is 0 Å². The molecule has 90 valence electrons. The smallest absolute Gasteiger partial charge is 0.126 e. The zero-order valence-electron chi connectivity index (χ0n) is 11.3. The molecule has 1 heterocycles. The van der Waals surface area contributed by atoms with Gasteiger partial charge in [0, 0.05) is 12.2 Å². The van der Waals surface area contributed by atoms with E-state index in [1.54, 1.807) is 0 Å². The molecule has 0 saturated heterocycles. The average Bonchev–Trinajstić information content (AvgIpc) is 2.17. The summed E-state index contributed by atoms with van der Waals surface area (Å²) in [5, 5.41) is 3.41. The van der Waals surface area contributed by atoms with Crippen LogP contribution in [0.4, 0.5) is 5.82 Å². The van der Waals surface area contributed by atoms with E-state index in [1.165, 1.54) is 5.56 Å². The number of anilines is 1. The maximum absolute atomic E-state index is 4.46. The highest BCUT2D eigenvalue weighted by molar-refractivity contribution is 5.38. The Morgan fingerprint density at radius 2 is 1.75 bits per heavy atom. The maximum atomic E-state index is 4.46. The molecule has 0 bridgehead atoms. The van der Waals surface area contributed by atoms with Crippen LogP contribution in [0, 0.1) is 5.92 Å². The minimum atomic E-state index is 0.176. The fourth-order valence-electron chi connectivity index (χ4n) is 1.32. The number of rotatable bonds is 3. The Kier molecular flexibility index (Phi) is 3.95. The van der Waals surface area contributed by atoms with E-state index >= 15 is 0 Å². The van der Waals surface area contributed by atoms with Crippen molar-refractivity contribution in [3.05, 3.63) is 23.9 Å². The van der Waals surface area contributed by atoms with Crippen LogP contribution in [0.3, 0.4) is 0 Å². The molecular weight excluding hydrogens is 196 g/mol. The fourth-order valence-corrected chi connectivity index (χ4v) is 1.32. The summed E-state index contributed by atoms with van der Waals surface area (Å²) in [5.74, 6) is 1.58. The Balaban J connectivity index is 2.72. The minimum Gasteiger partial charge on any atom is -0.367 e. The molecule has 0 radical (unpaired) electrons. The summed E-state index contributed by atoms with van der Waals surface area (Å²) in [5.41, 5.74) is 1.45. The van der Waals surface area contributed by atoms with Crippen molar-refractivity contribution in [3.8, 4) is 0 Å². The molecule has 0 aliphatic carbocycles. The number of pyridine rings is 1. The van der Waals surface area contributed by atoms with E-state index < -0.39 is 0 Å². The van der Waals surface area contributed by atoms with Crippen molar-refractivity contribution in [2.24, 2.45) is 5.92 Å². The van der Waals surface area contributed by atoms with Gasteiger partial charge in [-0.05, 0) is 29.9 Å². The molecule has 0 aliphatic heterocycles. The van der Waals surface area contributed by atoms with Crippen LogP contribution in [0.25, 0.3) is 0 Å². The van der Waals surface area contributed by atoms with Crippen molar-refractivity contribution < 1.29 is 0 Å². The Morgan fingerprint density at radius 3 is 2.12 bits per heavy atom. The Morgan fingerprint density at radius 1 is 1.12 bits per heavy atom. The second-order valence-electron chi connectivity index (χ2n) is 5.86. The quantitative estimate of drug-likeness (QED) is 0.837. The molecule has 1 aromatic rings. The summed E-state index contributed by atoms with van der Waals surface area (Å²) in [6.45, 7) is 13.2. The van der Waals surface area contributed by atoms with Crippen molar-refractivity contribution in [3.63, 3.8) is 0 Å². The molecule has 16 heavy (non-hydrogen) atoms. The minimum absolute atomic E-state index is 0.176. The normalized spacial score (nSPS) is 13.9. The summed E-state index contributed by atoms with van der Waals surface area (Å²) in [6, 6.07) is 4.68. The van der Waals surface area contributed by atoms with Gasteiger partial charge < -0.3 is 5.32 Å². The first-order valence-corrected chi connectivity index (χ1v) is 6.04. The van der Waals surface area contributed by atoms with Gasteiger partial charge in [0.05, 0.1) is 0 Å². The van der Waals surface area contributed by atoms with Crippen LogP contribution < -0.4 is 5.32 Å². The summed E-state index contributed by atoms with van der Waals surface area (Å²) in [6.07, 6.45) is 1.97. The van der Waals surface area contributed by atoms with Crippen LogP contribution in [-0.2, 0) is 5.41 Å².